The van der Waals surface area contributed by atoms with Crippen LogP contribution in [0.5, 0.6) is 0 Å². The van der Waals surface area contributed by atoms with Crippen molar-refractivity contribution in [3.05, 3.63) is 18.7 Å². The maximum Gasteiger partial charge on any atom is 0.248 e. The number of nitrogens with two attached hydrogens (primary N) is 1. The van der Waals surface area contributed by atoms with E-state index in [2.05, 4.69) is 4.98 Å². The van der Waals surface area contributed by atoms with Gasteiger partial charge in [-0.3, -0.25) is 9.36 Å². The maximum absolute atomic E-state index is 11.0. The van der Waals surface area contributed by atoms with Gasteiger partial charge in [-0.25, -0.2) is 4.98 Å². The fourth-order valence-corrected chi connectivity index (χ4v) is 0.625. The van der Waals surface area contributed by atoms with Crippen molar-refractivity contribution in [3.8, 4) is 0 Å². The Labute approximate surface area is 58.7 Å². The Bertz CT molecular complexity index is 215. The van der Waals surface area contributed by atoms with E-state index in [1.807, 2.05) is 0 Å². The van der Waals surface area contributed by atoms with Gasteiger partial charge < -0.3 is 5.73 Å². The largest absolute Gasteiger partial charge is 0.320 e. The van der Waals surface area contributed by atoms with E-state index in [0.29, 0.717) is 0 Å². The van der Waals surface area contributed by atoms with E-state index < -0.39 is 6.04 Å². The summed E-state index contributed by atoms with van der Waals surface area (Å²) < 4.78 is 1.37. The molecule has 1 aromatic rings. The fourth-order valence-electron chi connectivity index (χ4n) is 0.625. The second-order valence-corrected chi connectivity index (χ2v) is 2.10. The third-order valence-electron chi connectivity index (χ3n) is 1.15. The summed E-state index contributed by atoms with van der Waals surface area (Å²) in [6, 6.07) is -0.464. The minimum absolute atomic E-state index is 0.141. The average molecular weight is 139 g/mol. The summed E-state index contributed by atoms with van der Waals surface area (Å²) in [5.74, 6) is -0.141. The van der Waals surface area contributed by atoms with Crippen LogP contribution in [0.2, 0.25) is 0 Å². The van der Waals surface area contributed by atoms with Crippen molar-refractivity contribution in [2.24, 2.45) is 5.73 Å². The second kappa shape index (κ2) is 2.62. The predicted octanol–water partition coefficient (Wildman–Crippen LogP) is -0.130. The number of imidazole rings is 1. The van der Waals surface area contributed by atoms with Crippen LogP contribution >= 0.6 is 0 Å². The van der Waals surface area contributed by atoms with Crippen LogP contribution in [0.25, 0.3) is 0 Å². The number of hydrogen-bond acceptors (Lipinski definition) is 3. The van der Waals surface area contributed by atoms with Crippen LogP contribution in [0.15, 0.2) is 18.7 Å². The van der Waals surface area contributed by atoms with Crippen molar-refractivity contribution in [1.82, 2.24) is 9.55 Å². The zero-order chi connectivity index (χ0) is 7.56. The highest BCUT2D eigenvalue weighted by Gasteiger charge is 2.07. The lowest BCUT2D eigenvalue weighted by Crippen LogP contribution is -2.30. The molecule has 0 amide bonds. The predicted molar refractivity (Wildman–Crippen MR) is 36.5 cm³/mol. The molecule has 0 saturated carbocycles. The van der Waals surface area contributed by atoms with E-state index in [-0.39, 0.29) is 5.91 Å². The van der Waals surface area contributed by atoms with Crippen LogP contribution in [0.1, 0.15) is 11.7 Å². The molecule has 10 heavy (non-hydrogen) atoms. The van der Waals surface area contributed by atoms with Crippen molar-refractivity contribution >= 4 is 5.91 Å². The molecule has 1 aromatic heterocycles. The highest BCUT2D eigenvalue weighted by Crippen LogP contribution is 1.88. The van der Waals surface area contributed by atoms with Crippen molar-refractivity contribution in [2.45, 2.75) is 13.0 Å². The van der Waals surface area contributed by atoms with Gasteiger partial charge in [-0.15, -0.1) is 0 Å². The minimum Gasteiger partial charge on any atom is -0.320 e. The van der Waals surface area contributed by atoms with Crippen LogP contribution in [0, 0.1) is 0 Å². The molecule has 0 aliphatic heterocycles. The van der Waals surface area contributed by atoms with Crippen LogP contribution in [-0.2, 0) is 0 Å². The molecule has 54 valence electrons. The third-order valence-corrected chi connectivity index (χ3v) is 1.15. The molecule has 0 aromatic carbocycles. The Hall–Kier alpha value is -1.16. The highest BCUT2D eigenvalue weighted by molar-refractivity contribution is 5.83. The summed E-state index contributed by atoms with van der Waals surface area (Å²) in [6.45, 7) is 1.64. The van der Waals surface area contributed by atoms with Crippen molar-refractivity contribution in [3.63, 3.8) is 0 Å². The number of hydrogen-bond donors (Lipinski definition) is 1. The standard InChI is InChI=1S/C6H9N3O/c1-5(7)6(10)9-3-2-8-4-9/h2-5H,7H2,1H3/t5-/m0/s1. The van der Waals surface area contributed by atoms with E-state index in [0.717, 1.165) is 0 Å². The molecule has 0 radical (unpaired) electrons. The molecule has 4 nitrogen and oxygen atoms in total. The molecular weight excluding hydrogens is 130 g/mol. The number of aromatic nitrogens is 2. The van der Waals surface area contributed by atoms with Gasteiger partial charge in [-0.2, -0.15) is 0 Å². The third kappa shape index (κ3) is 1.22. The van der Waals surface area contributed by atoms with Crippen LogP contribution in [0.4, 0.5) is 0 Å². The average Bonchev–Trinajstić information content (AvgIpc) is 2.36. The summed E-state index contributed by atoms with van der Waals surface area (Å²) >= 11 is 0. The van der Waals surface area contributed by atoms with Crippen LogP contribution in [-0.4, -0.2) is 21.5 Å². The molecule has 4 heteroatoms. The molecule has 0 saturated heterocycles. The zero-order valence-electron chi connectivity index (χ0n) is 5.69. The Kier molecular flexibility index (Phi) is 1.82. The molecule has 0 fully saturated rings. The van der Waals surface area contributed by atoms with Crippen LogP contribution in [0.3, 0.4) is 0 Å². The quantitative estimate of drug-likeness (QED) is 0.589. The molecular formula is C6H9N3O. The van der Waals surface area contributed by atoms with Crippen LogP contribution < -0.4 is 5.73 Å². The lowest BCUT2D eigenvalue weighted by molar-refractivity contribution is 0.0886. The molecule has 0 spiro atoms. The SMILES string of the molecule is C[C@H](N)C(=O)n1ccnc1. The number of rotatable bonds is 1. The molecule has 0 aliphatic rings. The first-order chi connectivity index (χ1) is 4.72. The van der Waals surface area contributed by atoms with Crippen molar-refractivity contribution in [2.75, 3.05) is 0 Å². The van der Waals surface area contributed by atoms with Gasteiger partial charge in [0.15, 0.2) is 0 Å². The summed E-state index contributed by atoms with van der Waals surface area (Å²) in [7, 11) is 0. The first kappa shape index (κ1) is 6.95. The van der Waals surface area contributed by atoms with Gasteiger partial charge in [-0.1, -0.05) is 0 Å². The number of carbonyl (C=O) groups is 1. The normalized spacial score (nSPS) is 13.0. The lowest BCUT2D eigenvalue weighted by atomic mass is 10.3. The molecule has 2 N–H and O–H groups in total. The first-order valence-electron chi connectivity index (χ1n) is 2.99. The molecule has 1 heterocycles. The van der Waals surface area contributed by atoms with Gasteiger partial charge in [0.1, 0.15) is 6.33 Å². The lowest BCUT2D eigenvalue weighted by Gasteiger charge is -2.02. The molecule has 1 atom stereocenters. The fraction of sp³-hybridized carbons (Fsp3) is 0.333. The van der Waals surface area contributed by atoms with Gasteiger partial charge in [0.2, 0.25) is 5.91 Å². The van der Waals surface area contributed by atoms with Gasteiger partial charge >= 0.3 is 0 Å². The first-order valence-corrected chi connectivity index (χ1v) is 2.99. The van der Waals surface area contributed by atoms with E-state index in [4.69, 9.17) is 5.73 Å². The summed E-state index contributed by atoms with van der Waals surface area (Å²) in [5.41, 5.74) is 5.33. The Morgan fingerprint density at radius 1 is 1.80 bits per heavy atom. The molecule has 0 bridgehead atoms. The second-order valence-electron chi connectivity index (χ2n) is 2.10. The topological polar surface area (TPSA) is 60.9 Å². The van der Waals surface area contributed by atoms with E-state index in [1.165, 1.54) is 10.9 Å². The van der Waals surface area contributed by atoms with Crippen molar-refractivity contribution in [1.29, 1.82) is 0 Å². The molecule has 0 aliphatic carbocycles. The summed E-state index contributed by atoms with van der Waals surface area (Å²) in [5, 5.41) is 0. The smallest absolute Gasteiger partial charge is 0.248 e. The molecule has 0 unspecified atom stereocenters. The van der Waals surface area contributed by atoms with E-state index in [1.54, 1.807) is 19.3 Å². The Morgan fingerprint density at radius 2 is 2.50 bits per heavy atom. The zero-order valence-corrected chi connectivity index (χ0v) is 5.69. The highest BCUT2D eigenvalue weighted by atomic mass is 16.2. The Balaban J connectivity index is 2.78. The van der Waals surface area contributed by atoms with Crippen molar-refractivity contribution < 1.29 is 4.79 Å². The summed E-state index contributed by atoms with van der Waals surface area (Å²) in [4.78, 5) is 14.7. The Morgan fingerprint density at radius 3 is 2.90 bits per heavy atom. The van der Waals surface area contributed by atoms with Gasteiger partial charge in [-0.05, 0) is 6.92 Å². The van der Waals surface area contributed by atoms with Gasteiger partial charge in [0.05, 0.1) is 6.04 Å². The number of carbonyl (C=O) groups excluding carboxylic acids is 1. The monoisotopic (exact) mass is 139 g/mol. The number of nitrogens with zero attached hydrogens (tertiary/aromatic N) is 2. The maximum atomic E-state index is 11.0. The van der Waals surface area contributed by atoms with Gasteiger partial charge in [0.25, 0.3) is 0 Å². The minimum atomic E-state index is -0.464. The van der Waals surface area contributed by atoms with E-state index >= 15 is 0 Å². The van der Waals surface area contributed by atoms with Gasteiger partial charge in [0, 0.05) is 12.4 Å². The molecule has 1 rings (SSSR count). The van der Waals surface area contributed by atoms with E-state index in [9.17, 15) is 4.79 Å². The summed E-state index contributed by atoms with van der Waals surface area (Å²) in [6.07, 6.45) is 4.55.